The van der Waals surface area contributed by atoms with E-state index in [2.05, 4.69) is 5.32 Å². The van der Waals surface area contributed by atoms with Crippen molar-refractivity contribution < 1.29 is 29.0 Å². The van der Waals surface area contributed by atoms with Gasteiger partial charge in [0.25, 0.3) is 0 Å². The van der Waals surface area contributed by atoms with Gasteiger partial charge in [-0.3, -0.25) is 14.8 Å². The zero-order chi connectivity index (χ0) is 24.1. The van der Waals surface area contributed by atoms with Crippen LogP contribution in [-0.4, -0.2) is 38.4 Å². The first kappa shape index (κ1) is 25.7. The van der Waals surface area contributed by atoms with Crippen molar-refractivity contribution in [1.82, 2.24) is 5.48 Å². The molecule has 0 aromatic heterocycles. The predicted molar refractivity (Wildman–Crippen MR) is 128 cm³/mol. The smallest absolute Gasteiger partial charge is 0.243 e. The second kappa shape index (κ2) is 13.8. The Labute approximate surface area is 194 Å². The zero-order valence-corrected chi connectivity index (χ0v) is 19.3. The lowest BCUT2D eigenvalue weighted by molar-refractivity contribution is -0.129. The number of nitrogens with one attached hydrogen (secondary N) is 2. The third-order valence-corrected chi connectivity index (χ3v) is 5.02. The lowest BCUT2D eigenvalue weighted by Crippen LogP contribution is -2.17. The molecule has 0 radical (unpaired) electrons. The van der Waals surface area contributed by atoms with Crippen LogP contribution in [0.3, 0.4) is 0 Å². The number of benzene rings is 2. The Balaban J connectivity index is 1.96. The van der Waals surface area contributed by atoms with Gasteiger partial charge in [-0.2, -0.15) is 0 Å². The maximum absolute atomic E-state index is 12.4. The van der Waals surface area contributed by atoms with Crippen molar-refractivity contribution in [3.05, 3.63) is 47.5 Å². The third-order valence-electron chi connectivity index (χ3n) is 5.02. The second-order valence-electron chi connectivity index (χ2n) is 7.44. The van der Waals surface area contributed by atoms with Gasteiger partial charge >= 0.3 is 0 Å². The van der Waals surface area contributed by atoms with Crippen molar-refractivity contribution in [2.75, 3.05) is 26.6 Å². The number of hydrogen-bond donors (Lipinski definition) is 3. The maximum Gasteiger partial charge on any atom is 0.243 e. The van der Waals surface area contributed by atoms with Gasteiger partial charge in [0, 0.05) is 18.9 Å². The van der Waals surface area contributed by atoms with Crippen LogP contribution in [0, 0.1) is 0 Å². The molecular weight excluding hydrogens is 424 g/mol. The first-order valence-electron chi connectivity index (χ1n) is 10.8. The fourth-order valence-corrected chi connectivity index (χ4v) is 3.24. The molecule has 0 aliphatic rings. The van der Waals surface area contributed by atoms with Crippen LogP contribution in [0.2, 0.25) is 0 Å². The number of amides is 2. The number of carbonyl (C=O) groups excluding carboxylic acids is 2. The Hall–Kier alpha value is -3.52. The van der Waals surface area contributed by atoms with E-state index in [0.29, 0.717) is 42.2 Å². The maximum atomic E-state index is 12.4. The number of anilines is 1. The molecule has 0 saturated carbocycles. The van der Waals surface area contributed by atoms with Crippen LogP contribution in [0.4, 0.5) is 5.69 Å². The Morgan fingerprint density at radius 1 is 0.788 bits per heavy atom. The minimum absolute atomic E-state index is 0.0972. The van der Waals surface area contributed by atoms with Crippen LogP contribution in [0.1, 0.15) is 49.7 Å². The molecule has 0 unspecified atom stereocenters. The van der Waals surface area contributed by atoms with Crippen molar-refractivity contribution in [3.63, 3.8) is 0 Å². The van der Waals surface area contributed by atoms with Crippen molar-refractivity contribution in [2.24, 2.45) is 0 Å². The van der Waals surface area contributed by atoms with Crippen LogP contribution in [0.5, 0.6) is 17.2 Å². The molecule has 8 heteroatoms. The van der Waals surface area contributed by atoms with Gasteiger partial charge in [-0.15, -0.1) is 0 Å². The largest absolute Gasteiger partial charge is 0.497 e. The summed E-state index contributed by atoms with van der Waals surface area (Å²) < 4.78 is 16.0. The summed E-state index contributed by atoms with van der Waals surface area (Å²) in [7, 11) is 4.78. The fraction of sp³-hybridized carbons (Fsp3) is 0.360. The molecule has 8 nitrogen and oxygen atoms in total. The van der Waals surface area contributed by atoms with Gasteiger partial charge in [0.05, 0.1) is 27.0 Å². The summed E-state index contributed by atoms with van der Waals surface area (Å²) in [6.45, 7) is 0. The minimum atomic E-state index is -0.390. The molecule has 0 atom stereocenters. The molecule has 2 aromatic rings. The van der Waals surface area contributed by atoms with Crippen molar-refractivity contribution >= 4 is 29.7 Å². The molecule has 33 heavy (non-hydrogen) atoms. The standard InChI is InChI=1S/C25H32N2O6/c1-31-20-14-19(15-21(17-20)32-2)11-10-18-12-13-23(33-3)22(16-18)26-24(28)8-6-4-5-7-9-25(29)27-30/h10-17,30H,4-9H2,1-3H3,(H,26,28)(H,27,29)/b11-10+. The number of carbonyl (C=O) groups is 2. The molecule has 2 amide bonds. The molecule has 0 heterocycles. The molecule has 0 bridgehead atoms. The highest BCUT2D eigenvalue weighted by Crippen LogP contribution is 2.28. The molecule has 0 spiro atoms. The molecular formula is C25H32N2O6. The summed E-state index contributed by atoms with van der Waals surface area (Å²) in [6, 6.07) is 11.2. The highest BCUT2D eigenvalue weighted by molar-refractivity contribution is 5.93. The van der Waals surface area contributed by atoms with Crippen LogP contribution < -0.4 is 25.0 Å². The normalized spacial score (nSPS) is 10.7. The second-order valence-corrected chi connectivity index (χ2v) is 7.44. The average Bonchev–Trinajstić information content (AvgIpc) is 2.84. The summed E-state index contributed by atoms with van der Waals surface area (Å²) in [5.41, 5.74) is 4.04. The summed E-state index contributed by atoms with van der Waals surface area (Å²) in [5, 5.41) is 11.4. The summed E-state index contributed by atoms with van der Waals surface area (Å²) in [6.07, 6.45) is 7.57. The van der Waals surface area contributed by atoms with Gasteiger partial charge in [-0.05, 0) is 48.2 Å². The van der Waals surface area contributed by atoms with E-state index in [4.69, 9.17) is 19.4 Å². The first-order valence-corrected chi connectivity index (χ1v) is 10.8. The topological polar surface area (TPSA) is 106 Å². The van der Waals surface area contributed by atoms with Crippen LogP contribution in [0.25, 0.3) is 12.2 Å². The number of hydroxylamine groups is 1. The van der Waals surface area contributed by atoms with Gasteiger partial charge in [0.2, 0.25) is 11.8 Å². The van der Waals surface area contributed by atoms with Gasteiger partial charge in [-0.1, -0.05) is 31.1 Å². The number of hydrogen-bond acceptors (Lipinski definition) is 6. The van der Waals surface area contributed by atoms with E-state index >= 15 is 0 Å². The number of ether oxygens (including phenoxy) is 3. The highest BCUT2D eigenvalue weighted by atomic mass is 16.5. The predicted octanol–water partition coefficient (Wildman–Crippen LogP) is 4.67. The van der Waals surface area contributed by atoms with E-state index in [0.717, 1.165) is 24.0 Å². The minimum Gasteiger partial charge on any atom is -0.497 e. The van der Waals surface area contributed by atoms with Gasteiger partial charge in [0.1, 0.15) is 17.2 Å². The molecule has 3 N–H and O–H groups in total. The van der Waals surface area contributed by atoms with Gasteiger partial charge < -0.3 is 19.5 Å². The Morgan fingerprint density at radius 2 is 1.39 bits per heavy atom. The summed E-state index contributed by atoms with van der Waals surface area (Å²) in [4.78, 5) is 23.4. The lowest BCUT2D eigenvalue weighted by Gasteiger charge is -2.11. The Kier molecular flexibility index (Phi) is 10.8. The van der Waals surface area contributed by atoms with Gasteiger partial charge in [0.15, 0.2) is 0 Å². The Bertz CT molecular complexity index is 936. The van der Waals surface area contributed by atoms with Crippen molar-refractivity contribution in [3.8, 4) is 17.2 Å². The van der Waals surface area contributed by atoms with E-state index < -0.39 is 0 Å². The van der Waals surface area contributed by atoms with Gasteiger partial charge in [-0.25, -0.2) is 5.48 Å². The van der Waals surface area contributed by atoms with E-state index in [1.807, 2.05) is 48.6 Å². The number of rotatable bonds is 13. The quantitative estimate of drug-likeness (QED) is 0.175. The van der Waals surface area contributed by atoms with E-state index in [9.17, 15) is 9.59 Å². The van der Waals surface area contributed by atoms with Crippen LogP contribution >= 0.6 is 0 Å². The summed E-state index contributed by atoms with van der Waals surface area (Å²) in [5.74, 6) is 1.50. The molecule has 0 saturated heterocycles. The molecule has 0 fully saturated rings. The lowest BCUT2D eigenvalue weighted by atomic mass is 10.1. The number of unbranched alkanes of at least 4 members (excludes halogenated alkanes) is 3. The van der Waals surface area contributed by atoms with E-state index in [1.54, 1.807) is 26.8 Å². The molecule has 0 aliphatic heterocycles. The zero-order valence-electron chi connectivity index (χ0n) is 19.3. The first-order chi connectivity index (χ1) is 16.0. The highest BCUT2D eigenvalue weighted by Gasteiger charge is 2.09. The van der Waals surface area contributed by atoms with Crippen molar-refractivity contribution in [1.29, 1.82) is 0 Å². The molecule has 178 valence electrons. The van der Waals surface area contributed by atoms with Crippen LogP contribution in [-0.2, 0) is 9.59 Å². The fourth-order valence-electron chi connectivity index (χ4n) is 3.24. The summed E-state index contributed by atoms with van der Waals surface area (Å²) >= 11 is 0. The van der Waals surface area contributed by atoms with Crippen LogP contribution in [0.15, 0.2) is 36.4 Å². The SMILES string of the molecule is COc1cc(/C=C/c2ccc(OC)c(NC(=O)CCCCCCC(=O)NO)c2)cc(OC)c1. The number of methoxy groups -OCH3 is 3. The van der Waals surface area contributed by atoms with Crippen molar-refractivity contribution in [2.45, 2.75) is 38.5 Å². The third kappa shape index (κ3) is 8.86. The molecule has 2 rings (SSSR count). The monoisotopic (exact) mass is 456 g/mol. The van der Waals surface area contributed by atoms with E-state index in [-0.39, 0.29) is 18.2 Å². The Morgan fingerprint density at radius 3 is 1.97 bits per heavy atom. The average molecular weight is 457 g/mol. The molecule has 2 aromatic carbocycles. The van der Waals surface area contributed by atoms with E-state index in [1.165, 1.54) is 0 Å². The molecule has 0 aliphatic carbocycles.